The Hall–Kier alpha value is -5.00. The van der Waals surface area contributed by atoms with Crippen LogP contribution in [0.4, 0.5) is 11.4 Å². The molecule has 250 valence electrons. The highest BCUT2D eigenvalue weighted by molar-refractivity contribution is 7.89. The van der Waals surface area contributed by atoms with Gasteiger partial charge in [-0.25, -0.2) is 17.9 Å². The first kappa shape index (κ1) is 34.9. The molecule has 2 N–H and O–H groups in total. The summed E-state index contributed by atoms with van der Waals surface area (Å²) in [5.74, 6) is -1.41. The number of nitrogens with zero attached hydrogens (tertiary/aromatic N) is 5. The van der Waals surface area contributed by atoms with Crippen LogP contribution in [-0.2, 0) is 32.6 Å². The van der Waals surface area contributed by atoms with E-state index in [-0.39, 0.29) is 44.3 Å². The normalized spacial score (nSPS) is 14.3. The number of hydrogen-bond acceptors (Lipinski definition) is 11. The van der Waals surface area contributed by atoms with Gasteiger partial charge in [-0.3, -0.25) is 25.3 Å². The lowest BCUT2D eigenvalue weighted by atomic mass is 10.1. The van der Waals surface area contributed by atoms with E-state index in [0.717, 1.165) is 6.07 Å². The number of hydrogen-bond donors (Lipinski definition) is 2. The Morgan fingerprint density at radius 2 is 1.83 bits per heavy atom. The molecular weight excluding hydrogens is 658 g/mol. The highest BCUT2D eigenvalue weighted by Gasteiger charge is 2.30. The summed E-state index contributed by atoms with van der Waals surface area (Å²) in [6, 6.07) is 13.9. The highest BCUT2D eigenvalue weighted by atomic mass is 35.5. The van der Waals surface area contributed by atoms with Crippen molar-refractivity contribution in [3.63, 3.8) is 0 Å². The third-order valence-corrected chi connectivity index (χ3v) is 9.05. The molecule has 0 aliphatic carbocycles. The van der Waals surface area contributed by atoms with E-state index in [0.29, 0.717) is 36.3 Å². The van der Waals surface area contributed by atoms with Crippen molar-refractivity contribution in [1.82, 2.24) is 15.2 Å². The number of fused-ring (bicyclic) bond motifs is 1. The number of halogens is 1. The first-order valence-electron chi connectivity index (χ1n) is 14.3. The van der Waals surface area contributed by atoms with Crippen molar-refractivity contribution in [1.29, 1.82) is 0 Å². The van der Waals surface area contributed by atoms with E-state index in [2.05, 4.69) is 15.4 Å². The minimum Gasteiger partial charge on any atom is -0.569 e. The summed E-state index contributed by atoms with van der Waals surface area (Å²) in [7, 11) is -4.24. The van der Waals surface area contributed by atoms with E-state index in [1.54, 1.807) is 31.0 Å². The Labute approximate surface area is 275 Å². The van der Waals surface area contributed by atoms with Crippen LogP contribution in [0.3, 0.4) is 0 Å². The first-order chi connectivity index (χ1) is 22.3. The molecule has 0 saturated carbocycles. The predicted octanol–water partition coefficient (Wildman–Crippen LogP) is 4.09. The Kier molecular flexibility index (Phi) is 11.2. The molecule has 18 heteroatoms. The Morgan fingerprint density at radius 3 is 2.53 bits per heavy atom. The quantitative estimate of drug-likeness (QED) is 0.0470. The fourth-order valence-electron chi connectivity index (χ4n) is 4.74. The number of nitro benzene ring substituents is 1. The number of amides is 1. The number of benzene rings is 3. The van der Waals surface area contributed by atoms with E-state index < -0.39 is 33.6 Å². The number of carbonyl (C=O) groups excluding carboxylic acids is 2. The van der Waals surface area contributed by atoms with Gasteiger partial charge in [0.05, 0.1) is 45.3 Å². The number of ether oxygens (including phenoxy) is 1. The second kappa shape index (κ2) is 15.1. The molecule has 0 saturated heterocycles. The van der Waals surface area contributed by atoms with Gasteiger partial charge in [-0.05, 0) is 74.7 Å². The Balaban J connectivity index is 1.39. The minimum atomic E-state index is -4.24. The third kappa shape index (κ3) is 8.43. The molecule has 0 bridgehead atoms. The van der Waals surface area contributed by atoms with Crippen LogP contribution in [0.25, 0.3) is 0 Å². The fourth-order valence-corrected chi connectivity index (χ4v) is 6.28. The van der Waals surface area contributed by atoms with Crippen LogP contribution in [0.15, 0.2) is 70.8 Å². The SMILES string of the molecule is CCN(CC)/[N+]([O-])=N/OCOC(=O)c1cccc(CNS(=O)(=O)c2cc(C(=O)NN3c4ccc([N+](=O)[O-])cc4CC3C)ccc2Cl)c1. The van der Waals surface area contributed by atoms with E-state index in [1.807, 2.05) is 6.92 Å². The van der Waals surface area contributed by atoms with E-state index >= 15 is 0 Å². The van der Waals surface area contributed by atoms with Crippen molar-refractivity contribution in [2.24, 2.45) is 5.28 Å². The van der Waals surface area contributed by atoms with Gasteiger partial charge in [0.25, 0.3) is 18.4 Å². The molecule has 0 spiro atoms. The molecule has 3 aromatic carbocycles. The van der Waals surface area contributed by atoms with Crippen LogP contribution in [0.2, 0.25) is 5.02 Å². The molecule has 1 amide bonds. The summed E-state index contributed by atoms with van der Waals surface area (Å²) in [5, 5.41) is 29.0. The third-order valence-electron chi connectivity index (χ3n) is 7.17. The second-order valence-electron chi connectivity index (χ2n) is 10.3. The largest absolute Gasteiger partial charge is 0.569 e. The summed E-state index contributed by atoms with van der Waals surface area (Å²) in [6.07, 6.45) is 0.459. The maximum atomic E-state index is 13.2. The smallest absolute Gasteiger partial charge is 0.341 e. The molecule has 1 aliphatic heterocycles. The molecule has 1 heterocycles. The molecule has 1 aliphatic rings. The summed E-state index contributed by atoms with van der Waals surface area (Å²) in [5.41, 5.74) is 4.49. The van der Waals surface area contributed by atoms with Gasteiger partial charge in [-0.15, -0.1) is 5.01 Å². The van der Waals surface area contributed by atoms with Crippen LogP contribution in [0.5, 0.6) is 0 Å². The van der Waals surface area contributed by atoms with Crippen molar-refractivity contribution in [3.8, 4) is 0 Å². The Morgan fingerprint density at radius 1 is 1.09 bits per heavy atom. The second-order valence-corrected chi connectivity index (χ2v) is 12.4. The van der Waals surface area contributed by atoms with Crippen molar-refractivity contribution < 1.29 is 37.5 Å². The maximum Gasteiger partial charge on any atom is 0.341 e. The fraction of sp³-hybridized carbons (Fsp3) is 0.310. The molecule has 0 aromatic heterocycles. The number of non-ortho nitro benzene ring substituents is 1. The number of rotatable bonds is 14. The molecule has 1 unspecified atom stereocenters. The van der Waals surface area contributed by atoms with Crippen LogP contribution in [0, 0.1) is 15.3 Å². The molecule has 3 aromatic rings. The number of nitro groups is 1. The number of carbonyl (C=O) groups is 2. The molecular formula is C29H32ClN7O9S. The average molecular weight is 690 g/mol. The molecule has 1 atom stereocenters. The number of nitrogens with one attached hydrogen (secondary N) is 2. The summed E-state index contributed by atoms with van der Waals surface area (Å²) in [6.45, 7) is 5.31. The maximum absolute atomic E-state index is 13.2. The lowest BCUT2D eigenvalue weighted by Gasteiger charge is -2.25. The van der Waals surface area contributed by atoms with Gasteiger partial charge >= 0.3 is 5.97 Å². The minimum absolute atomic E-state index is 0.00762. The average Bonchev–Trinajstić information content (AvgIpc) is 3.36. The molecule has 0 fully saturated rings. The summed E-state index contributed by atoms with van der Waals surface area (Å²) in [4.78, 5) is 40.9. The summed E-state index contributed by atoms with van der Waals surface area (Å²) < 4.78 is 33.9. The zero-order valence-electron chi connectivity index (χ0n) is 25.6. The molecule has 47 heavy (non-hydrogen) atoms. The van der Waals surface area contributed by atoms with E-state index in [4.69, 9.17) is 21.2 Å². The lowest BCUT2D eigenvalue weighted by molar-refractivity contribution is -0.710. The van der Waals surface area contributed by atoms with Crippen molar-refractivity contribution in [2.45, 2.75) is 44.7 Å². The van der Waals surface area contributed by atoms with Crippen LogP contribution in [0.1, 0.15) is 52.6 Å². The van der Waals surface area contributed by atoms with Crippen LogP contribution < -0.4 is 15.2 Å². The Bertz CT molecular complexity index is 1800. The number of hydrazine groups is 2. The van der Waals surface area contributed by atoms with Gasteiger partial charge in [0, 0.05) is 24.2 Å². The molecule has 0 radical (unpaired) electrons. The van der Waals surface area contributed by atoms with Crippen LogP contribution in [-0.4, -0.2) is 61.1 Å². The zero-order valence-corrected chi connectivity index (χ0v) is 27.2. The first-order valence-corrected chi connectivity index (χ1v) is 16.2. The number of anilines is 1. The van der Waals surface area contributed by atoms with Gasteiger partial charge in [0.2, 0.25) is 15.3 Å². The lowest BCUT2D eigenvalue weighted by Crippen LogP contribution is -2.45. The van der Waals surface area contributed by atoms with Gasteiger partial charge < -0.3 is 14.8 Å². The summed E-state index contributed by atoms with van der Waals surface area (Å²) >= 11 is 6.23. The van der Waals surface area contributed by atoms with Gasteiger partial charge in [0.1, 0.15) is 4.90 Å². The van der Waals surface area contributed by atoms with Gasteiger partial charge in [-0.2, -0.15) is 0 Å². The van der Waals surface area contributed by atoms with E-state index in [1.165, 1.54) is 47.5 Å². The standard InChI is InChI=1S/C29H32ClN7O9S/c1-4-34(5-2)37(42)33-46-18-45-29(39)22-8-6-7-20(14-22)17-31-47(43,44)27-16-21(9-11-25(27)30)28(38)32-35-19(3)13-23-15-24(36(40)41)10-12-26(23)35/h6-12,14-16,19,31H,4-5,13,17-18H2,1-3H3,(H,32,38)/b37-33-. The molecule has 4 rings (SSSR count). The molecule has 16 nitrogen and oxygen atoms in total. The zero-order chi connectivity index (χ0) is 34.3. The van der Waals surface area contributed by atoms with Gasteiger partial charge in [-0.1, -0.05) is 23.7 Å². The van der Waals surface area contributed by atoms with Crippen molar-refractivity contribution >= 4 is 44.9 Å². The topological polar surface area (TPSA) is 199 Å². The van der Waals surface area contributed by atoms with Crippen molar-refractivity contribution in [3.05, 3.63) is 103 Å². The monoisotopic (exact) mass is 689 g/mol. The number of sulfonamides is 1. The number of esters is 1. The predicted molar refractivity (Wildman–Crippen MR) is 168 cm³/mol. The van der Waals surface area contributed by atoms with E-state index in [9.17, 15) is 33.3 Å². The van der Waals surface area contributed by atoms with Gasteiger partial charge in [0.15, 0.2) is 0 Å². The highest BCUT2D eigenvalue weighted by Crippen LogP contribution is 2.33. The van der Waals surface area contributed by atoms with Crippen LogP contribution >= 0.6 is 11.6 Å². The van der Waals surface area contributed by atoms with Crippen molar-refractivity contribution in [2.75, 3.05) is 24.9 Å².